The fraction of sp³-hybridized carbons (Fsp3) is 0.324. The van der Waals surface area contributed by atoms with E-state index in [2.05, 4.69) is 34.7 Å². The van der Waals surface area contributed by atoms with Crippen molar-refractivity contribution in [2.24, 2.45) is 0 Å². The highest BCUT2D eigenvalue weighted by Crippen LogP contribution is 2.45. The summed E-state index contributed by atoms with van der Waals surface area (Å²) in [7, 11) is 2.98. The van der Waals surface area contributed by atoms with Crippen LogP contribution in [0.3, 0.4) is 0 Å². The fourth-order valence-electron chi connectivity index (χ4n) is 5.85. The lowest BCUT2D eigenvalue weighted by Gasteiger charge is -2.36. The largest absolute Gasteiger partial charge is 0.495 e. The highest BCUT2D eigenvalue weighted by atomic mass is 35.5. The van der Waals surface area contributed by atoms with Crippen LogP contribution in [0.4, 0.5) is 11.4 Å². The van der Waals surface area contributed by atoms with Crippen LogP contribution in [-0.4, -0.2) is 67.3 Å². The molecule has 1 aliphatic rings. The Hall–Kier alpha value is -4.05. The average Bonchev–Trinajstić information content (AvgIpc) is 3.05. The Kier molecular flexibility index (Phi) is 9.72. The van der Waals surface area contributed by atoms with E-state index in [4.69, 9.17) is 37.7 Å². The number of nitrogens with one attached hydrogen (secondary N) is 1. The molecule has 9 nitrogen and oxygen atoms in total. The summed E-state index contributed by atoms with van der Waals surface area (Å²) in [6, 6.07) is 9.29. The lowest BCUT2D eigenvalue weighted by Crippen LogP contribution is -2.46. The smallest absolute Gasteiger partial charge is 0.259 e. The fourth-order valence-corrected chi connectivity index (χ4v) is 6.56. The molecule has 2 aromatic heterocycles. The number of aryl methyl sites for hydroxylation is 2. The van der Waals surface area contributed by atoms with Gasteiger partial charge in [0.05, 0.1) is 52.4 Å². The summed E-state index contributed by atoms with van der Waals surface area (Å²) in [5.41, 5.74) is 5.24. The van der Waals surface area contributed by atoms with Crippen molar-refractivity contribution in [3.8, 4) is 33.9 Å². The number of carbonyl (C=O) groups excluding carboxylic acids is 1. The number of rotatable bonds is 9. The third-order valence-corrected chi connectivity index (χ3v) is 9.11. The van der Waals surface area contributed by atoms with Gasteiger partial charge < -0.3 is 29.2 Å². The summed E-state index contributed by atoms with van der Waals surface area (Å²) in [6.45, 7) is 14.8. The third-order valence-electron chi connectivity index (χ3n) is 8.36. The van der Waals surface area contributed by atoms with Gasteiger partial charge in [0.15, 0.2) is 0 Å². The van der Waals surface area contributed by atoms with Gasteiger partial charge in [0.1, 0.15) is 11.5 Å². The minimum absolute atomic E-state index is 0.216. The normalized spacial score (nSPS) is 13.6. The van der Waals surface area contributed by atoms with E-state index in [0.29, 0.717) is 46.1 Å². The zero-order valence-corrected chi connectivity index (χ0v) is 27.7. The number of likely N-dealkylation sites (N-methyl/N-ethyl adjacent to an activating group) is 1. The zero-order valence-electron chi connectivity index (χ0n) is 26.2. The number of aromatic nitrogens is 2. The number of hydrogen-bond acceptors (Lipinski definition) is 7. The van der Waals surface area contributed by atoms with Gasteiger partial charge in [0.2, 0.25) is 5.91 Å². The van der Waals surface area contributed by atoms with Crippen molar-refractivity contribution in [3.05, 3.63) is 75.1 Å². The third kappa shape index (κ3) is 6.12. The standard InChI is InChI=1S/C34H37Cl2N5O4/c1-7-30(42)38-25-16-22(20(4)14-27(25)40-12-10-39(8-2)11-13-40)24-17-26-21(19-37-24)15-23(34(43)41(26)9-3)31-32(35)28(44-5)18-29(45-6)33(31)36/h7,14-19H,1,8-13H2,2-6H3,(H,38,42). The summed E-state index contributed by atoms with van der Waals surface area (Å²) in [6.07, 6.45) is 3.00. The molecule has 11 heteroatoms. The maximum atomic E-state index is 14.0. The first-order chi connectivity index (χ1) is 21.6. The van der Waals surface area contributed by atoms with Crippen molar-refractivity contribution in [2.45, 2.75) is 27.3 Å². The number of nitrogens with zero attached hydrogens (tertiary/aromatic N) is 4. The van der Waals surface area contributed by atoms with E-state index in [1.54, 1.807) is 22.9 Å². The molecule has 1 saturated heterocycles. The molecule has 1 aliphatic heterocycles. The Bertz CT molecular complexity index is 1820. The van der Waals surface area contributed by atoms with Crippen LogP contribution in [0.5, 0.6) is 11.5 Å². The first-order valence-corrected chi connectivity index (χ1v) is 15.6. The molecule has 0 atom stereocenters. The van der Waals surface area contributed by atoms with Crippen molar-refractivity contribution in [1.82, 2.24) is 14.5 Å². The predicted molar refractivity (Wildman–Crippen MR) is 184 cm³/mol. The number of fused-ring (bicyclic) bond motifs is 1. The van der Waals surface area contributed by atoms with Crippen LogP contribution in [0.1, 0.15) is 19.4 Å². The van der Waals surface area contributed by atoms with Gasteiger partial charge in [-0.1, -0.05) is 36.7 Å². The number of carbonyl (C=O) groups is 1. The Balaban J connectivity index is 1.65. The number of benzene rings is 2. The number of hydrogen-bond donors (Lipinski definition) is 1. The van der Waals surface area contributed by atoms with Crippen LogP contribution in [-0.2, 0) is 11.3 Å². The van der Waals surface area contributed by atoms with Crippen LogP contribution in [0.25, 0.3) is 33.3 Å². The number of ether oxygens (including phenoxy) is 2. The highest BCUT2D eigenvalue weighted by molar-refractivity contribution is 6.41. The molecule has 1 fully saturated rings. The van der Waals surface area contributed by atoms with Crippen LogP contribution in [0.15, 0.2) is 54.0 Å². The van der Waals surface area contributed by atoms with Gasteiger partial charge in [-0.05, 0) is 56.3 Å². The highest BCUT2D eigenvalue weighted by Gasteiger charge is 2.24. The second kappa shape index (κ2) is 13.5. The Morgan fingerprint density at radius 3 is 2.22 bits per heavy atom. The van der Waals surface area contributed by atoms with Crippen LogP contribution in [0, 0.1) is 6.92 Å². The minimum Gasteiger partial charge on any atom is -0.495 e. The molecule has 0 spiro atoms. The van der Waals surface area contributed by atoms with Gasteiger partial charge in [-0.2, -0.15) is 0 Å². The Labute approximate surface area is 273 Å². The van der Waals surface area contributed by atoms with E-state index in [0.717, 1.165) is 54.9 Å². The van der Waals surface area contributed by atoms with Gasteiger partial charge in [0.25, 0.3) is 5.56 Å². The molecule has 1 amide bonds. The van der Waals surface area contributed by atoms with Gasteiger partial charge >= 0.3 is 0 Å². The molecular formula is C34H37Cl2N5O4. The van der Waals surface area contributed by atoms with Crippen molar-refractivity contribution >= 4 is 51.4 Å². The molecule has 2 aromatic carbocycles. The molecular weight excluding hydrogens is 613 g/mol. The van der Waals surface area contributed by atoms with E-state index >= 15 is 0 Å². The molecule has 45 heavy (non-hydrogen) atoms. The zero-order chi connectivity index (χ0) is 32.4. The van der Waals surface area contributed by atoms with Crippen LogP contribution in [0.2, 0.25) is 10.0 Å². The van der Waals surface area contributed by atoms with E-state index < -0.39 is 0 Å². The molecule has 0 aliphatic carbocycles. The quantitative estimate of drug-likeness (QED) is 0.203. The lowest BCUT2D eigenvalue weighted by atomic mass is 10.00. The molecule has 0 saturated carbocycles. The Morgan fingerprint density at radius 2 is 1.64 bits per heavy atom. The van der Waals surface area contributed by atoms with Crippen molar-refractivity contribution < 1.29 is 14.3 Å². The molecule has 3 heterocycles. The first-order valence-electron chi connectivity index (χ1n) is 14.8. The van der Waals surface area contributed by atoms with E-state index in [-0.39, 0.29) is 21.5 Å². The minimum atomic E-state index is -0.288. The molecule has 0 radical (unpaired) electrons. The Morgan fingerprint density at radius 1 is 0.978 bits per heavy atom. The molecule has 236 valence electrons. The SMILES string of the molecule is C=CC(=O)Nc1cc(-c2cc3c(cn2)cc(-c2c(Cl)c(OC)cc(OC)c2Cl)c(=O)n3CC)c(C)cc1N1CCN(CC)CC1. The van der Waals surface area contributed by atoms with Crippen molar-refractivity contribution in [3.63, 3.8) is 0 Å². The molecule has 1 N–H and O–H groups in total. The predicted octanol–water partition coefficient (Wildman–Crippen LogP) is 6.65. The van der Waals surface area contributed by atoms with Gasteiger partial charge in [0, 0.05) is 61.5 Å². The molecule has 4 aromatic rings. The van der Waals surface area contributed by atoms with E-state index in [1.807, 2.05) is 26.0 Å². The number of anilines is 2. The van der Waals surface area contributed by atoms with Crippen molar-refractivity contribution in [2.75, 3.05) is 57.2 Å². The van der Waals surface area contributed by atoms with Crippen LogP contribution < -0.4 is 25.2 Å². The summed E-state index contributed by atoms with van der Waals surface area (Å²) in [4.78, 5) is 36.0. The molecule has 0 unspecified atom stereocenters. The monoisotopic (exact) mass is 649 g/mol. The second-order valence-corrected chi connectivity index (χ2v) is 11.6. The van der Waals surface area contributed by atoms with Gasteiger partial charge in [-0.3, -0.25) is 14.6 Å². The van der Waals surface area contributed by atoms with E-state index in [9.17, 15) is 9.59 Å². The van der Waals surface area contributed by atoms with E-state index in [1.165, 1.54) is 20.3 Å². The summed E-state index contributed by atoms with van der Waals surface area (Å²) in [5, 5.41) is 4.16. The second-order valence-electron chi connectivity index (χ2n) is 10.8. The van der Waals surface area contributed by atoms with Crippen molar-refractivity contribution in [1.29, 1.82) is 0 Å². The van der Waals surface area contributed by atoms with Crippen LogP contribution >= 0.6 is 23.2 Å². The van der Waals surface area contributed by atoms with Gasteiger partial charge in [-0.15, -0.1) is 0 Å². The summed E-state index contributed by atoms with van der Waals surface area (Å²) >= 11 is 13.4. The number of amides is 1. The number of pyridine rings is 2. The lowest BCUT2D eigenvalue weighted by molar-refractivity contribution is -0.111. The maximum Gasteiger partial charge on any atom is 0.259 e. The maximum absolute atomic E-state index is 14.0. The average molecular weight is 651 g/mol. The summed E-state index contributed by atoms with van der Waals surface area (Å²) < 4.78 is 12.5. The van der Waals surface area contributed by atoms with Gasteiger partial charge in [-0.25, -0.2) is 0 Å². The number of halogens is 2. The number of piperazine rings is 1. The molecule has 5 rings (SSSR count). The summed E-state index contributed by atoms with van der Waals surface area (Å²) in [5.74, 6) is 0.396. The first kappa shape index (κ1) is 32.3. The number of methoxy groups -OCH3 is 2. The molecule has 0 bridgehead atoms. The topological polar surface area (TPSA) is 88.9 Å².